The van der Waals surface area contributed by atoms with Gasteiger partial charge < -0.3 is 15.2 Å². The summed E-state index contributed by atoms with van der Waals surface area (Å²) < 4.78 is 12.4. The Morgan fingerprint density at radius 3 is 3.07 bits per heavy atom. The third-order valence-corrected chi connectivity index (χ3v) is 2.12. The zero-order valence-electron chi connectivity index (χ0n) is 7.80. The van der Waals surface area contributed by atoms with Crippen molar-refractivity contribution in [1.82, 2.24) is 20.0 Å². The van der Waals surface area contributed by atoms with Crippen molar-refractivity contribution in [2.75, 3.05) is 18.9 Å². The smallest absolute Gasteiger partial charge is 0.263 e. The summed E-state index contributed by atoms with van der Waals surface area (Å²) in [6, 6.07) is 0. The van der Waals surface area contributed by atoms with Crippen LogP contribution < -0.4 is 15.2 Å². The quantitative estimate of drug-likeness (QED) is 0.684. The molecule has 3 rings (SSSR count). The highest BCUT2D eigenvalue weighted by atomic mass is 16.6. The topological polar surface area (TPSA) is 91.0 Å². The molecular weight excluding hydrogens is 198 g/mol. The van der Waals surface area contributed by atoms with Crippen molar-refractivity contribution >= 4 is 5.82 Å². The number of aromatic nitrogens is 4. The predicted octanol–water partition coefficient (Wildman–Crippen LogP) is -0.0512. The maximum Gasteiger partial charge on any atom is 0.263 e. The van der Waals surface area contributed by atoms with Gasteiger partial charge in [0.25, 0.3) is 5.88 Å². The molecule has 78 valence electrons. The van der Waals surface area contributed by atoms with Crippen LogP contribution in [-0.2, 0) is 0 Å². The third kappa shape index (κ3) is 1.13. The van der Waals surface area contributed by atoms with Gasteiger partial charge in [-0.2, -0.15) is 9.78 Å². The molecular formula is C8H9N5O2. The van der Waals surface area contributed by atoms with Gasteiger partial charge in [-0.15, -0.1) is 5.10 Å². The van der Waals surface area contributed by atoms with Gasteiger partial charge in [0, 0.05) is 6.20 Å². The number of H-pyrrole nitrogens is 1. The minimum atomic E-state index is 0.325. The van der Waals surface area contributed by atoms with Crippen LogP contribution in [0.15, 0.2) is 12.4 Å². The highest BCUT2D eigenvalue weighted by Crippen LogP contribution is 2.37. The van der Waals surface area contributed by atoms with Crippen LogP contribution in [0, 0.1) is 0 Å². The van der Waals surface area contributed by atoms with E-state index in [1.54, 1.807) is 17.1 Å². The second kappa shape index (κ2) is 2.91. The molecule has 0 saturated heterocycles. The maximum absolute atomic E-state index is 5.70. The Labute approximate surface area is 84.8 Å². The Hall–Kier alpha value is -2.18. The lowest BCUT2D eigenvalue weighted by atomic mass is 10.5. The van der Waals surface area contributed by atoms with Crippen LogP contribution in [-0.4, -0.2) is 33.2 Å². The number of anilines is 1. The van der Waals surface area contributed by atoms with Crippen LogP contribution >= 0.6 is 0 Å². The molecule has 1 aliphatic heterocycles. The molecule has 0 bridgehead atoms. The number of ether oxygens (including phenoxy) is 2. The molecule has 0 atom stereocenters. The first-order chi connectivity index (χ1) is 7.36. The highest BCUT2D eigenvalue weighted by molar-refractivity contribution is 5.56. The average molecular weight is 207 g/mol. The molecule has 3 heterocycles. The molecule has 0 aliphatic carbocycles. The van der Waals surface area contributed by atoms with E-state index in [1.165, 1.54) is 0 Å². The number of nitrogens with zero attached hydrogens (tertiary/aromatic N) is 3. The Balaban J connectivity index is 2.16. The molecule has 0 spiro atoms. The summed E-state index contributed by atoms with van der Waals surface area (Å²) in [6.45, 7) is 0.990. The van der Waals surface area contributed by atoms with E-state index in [0.29, 0.717) is 30.7 Å². The first kappa shape index (κ1) is 8.16. The molecule has 3 N–H and O–H groups in total. The maximum atomic E-state index is 5.70. The molecule has 1 aliphatic rings. The third-order valence-electron chi connectivity index (χ3n) is 2.12. The van der Waals surface area contributed by atoms with E-state index in [1.807, 2.05) is 0 Å². The summed E-state index contributed by atoms with van der Waals surface area (Å²) in [5, 5.41) is 10.6. The lowest BCUT2D eigenvalue weighted by molar-refractivity contribution is 0.164. The molecule has 7 heteroatoms. The van der Waals surface area contributed by atoms with E-state index in [-0.39, 0.29) is 0 Å². The number of nitrogen functional groups attached to an aromatic ring is 1. The van der Waals surface area contributed by atoms with E-state index in [2.05, 4.69) is 15.3 Å². The van der Waals surface area contributed by atoms with Crippen molar-refractivity contribution in [3.05, 3.63) is 12.4 Å². The van der Waals surface area contributed by atoms with Crippen LogP contribution in [0.2, 0.25) is 0 Å². The summed E-state index contributed by atoms with van der Waals surface area (Å²) >= 11 is 0. The standard InChI is InChI=1S/C8H9N5O2/c9-7-6-8(15-2-1-14-6)13(12-7)5-3-10-11-4-5/h3-4H,1-2H2,(H2,9,12)(H,10,11). The van der Waals surface area contributed by atoms with Crippen molar-refractivity contribution in [2.24, 2.45) is 0 Å². The van der Waals surface area contributed by atoms with Crippen molar-refractivity contribution in [3.8, 4) is 17.3 Å². The number of nitrogens with one attached hydrogen (secondary N) is 1. The first-order valence-corrected chi connectivity index (χ1v) is 4.49. The molecule has 2 aromatic rings. The Morgan fingerprint density at radius 2 is 2.27 bits per heavy atom. The Kier molecular flexibility index (Phi) is 1.58. The number of nitrogens with two attached hydrogens (primary N) is 1. The Bertz CT molecular complexity index is 475. The SMILES string of the molecule is Nc1nn(-c2cn[nH]c2)c2c1OCCO2. The fourth-order valence-corrected chi connectivity index (χ4v) is 1.48. The monoisotopic (exact) mass is 207 g/mol. The van der Waals surface area contributed by atoms with Gasteiger partial charge in [0.05, 0.1) is 6.20 Å². The zero-order valence-corrected chi connectivity index (χ0v) is 7.80. The van der Waals surface area contributed by atoms with Gasteiger partial charge in [-0.1, -0.05) is 0 Å². The largest absolute Gasteiger partial charge is 0.482 e. The average Bonchev–Trinajstić information content (AvgIpc) is 2.87. The van der Waals surface area contributed by atoms with E-state index in [0.717, 1.165) is 5.69 Å². The zero-order chi connectivity index (χ0) is 10.3. The Morgan fingerprint density at radius 1 is 1.40 bits per heavy atom. The minimum Gasteiger partial charge on any atom is -0.482 e. The molecule has 2 aromatic heterocycles. The number of fused-ring (bicyclic) bond motifs is 1. The lowest BCUT2D eigenvalue weighted by Crippen LogP contribution is -2.16. The molecule has 7 nitrogen and oxygen atoms in total. The van der Waals surface area contributed by atoms with Crippen molar-refractivity contribution in [1.29, 1.82) is 0 Å². The summed E-state index contributed by atoms with van der Waals surface area (Å²) in [5.74, 6) is 1.36. The number of hydrogen-bond acceptors (Lipinski definition) is 5. The fraction of sp³-hybridized carbons (Fsp3) is 0.250. The predicted molar refractivity (Wildman–Crippen MR) is 51.1 cm³/mol. The van der Waals surface area contributed by atoms with Crippen molar-refractivity contribution in [2.45, 2.75) is 0 Å². The number of rotatable bonds is 1. The van der Waals surface area contributed by atoms with E-state index in [9.17, 15) is 0 Å². The number of aromatic amines is 1. The van der Waals surface area contributed by atoms with E-state index in [4.69, 9.17) is 15.2 Å². The van der Waals surface area contributed by atoms with Gasteiger partial charge in [-0.05, 0) is 0 Å². The molecule has 15 heavy (non-hydrogen) atoms. The molecule has 0 aromatic carbocycles. The van der Waals surface area contributed by atoms with Gasteiger partial charge >= 0.3 is 0 Å². The molecule has 0 saturated carbocycles. The van der Waals surface area contributed by atoms with Gasteiger partial charge in [0.15, 0.2) is 5.82 Å². The van der Waals surface area contributed by atoms with Gasteiger partial charge in [-0.3, -0.25) is 5.10 Å². The summed E-state index contributed by atoms with van der Waals surface area (Å²) in [4.78, 5) is 0. The van der Waals surface area contributed by atoms with Gasteiger partial charge in [0.2, 0.25) is 5.75 Å². The highest BCUT2D eigenvalue weighted by Gasteiger charge is 2.23. The first-order valence-electron chi connectivity index (χ1n) is 4.49. The number of hydrogen-bond donors (Lipinski definition) is 2. The normalized spacial score (nSPS) is 14.1. The van der Waals surface area contributed by atoms with Gasteiger partial charge in [0.1, 0.15) is 18.9 Å². The van der Waals surface area contributed by atoms with Crippen molar-refractivity contribution < 1.29 is 9.47 Å². The van der Waals surface area contributed by atoms with Crippen LogP contribution in [0.25, 0.3) is 5.69 Å². The lowest BCUT2D eigenvalue weighted by Gasteiger charge is -2.15. The molecule has 0 unspecified atom stereocenters. The van der Waals surface area contributed by atoms with Crippen LogP contribution in [0.4, 0.5) is 5.82 Å². The van der Waals surface area contributed by atoms with Crippen LogP contribution in [0.3, 0.4) is 0 Å². The fourth-order valence-electron chi connectivity index (χ4n) is 1.48. The second-order valence-corrected chi connectivity index (χ2v) is 3.08. The molecule has 0 fully saturated rings. The van der Waals surface area contributed by atoms with E-state index < -0.39 is 0 Å². The van der Waals surface area contributed by atoms with Gasteiger partial charge in [-0.25, -0.2) is 0 Å². The summed E-state index contributed by atoms with van der Waals surface area (Å²) in [5.41, 5.74) is 6.46. The second-order valence-electron chi connectivity index (χ2n) is 3.08. The minimum absolute atomic E-state index is 0.325. The van der Waals surface area contributed by atoms with Crippen LogP contribution in [0.5, 0.6) is 11.6 Å². The molecule has 0 radical (unpaired) electrons. The summed E-state index contributed by atoms with van der Waals surface area (Å²) in [7, 11) is 0. The van der Waals surface area contributed by atoms with E-state index >= 15 is 0 Å². The van der Waals surface area contributed by atoms with Crippen molar-refractivity contribution in [3.63, 3.8) is 0 Å². The van der Waals surface area contributed by atoms with Crippen LogP contribution in [0.1, 0.15) is 0 Å². The summed E-state index contributed by atoms with van der Waals surface area (Å²) in [6.07, 6.45) is 3.33. The molecule has 0 amide bonds.